The standard InChI is InChI=1S/C26H27ClFN3O2/c1-18(2)16-30(26(33)19-7-5-8-20(28)15-19)17-24(32)31-14-13-29-12-6-11-23(29)25(31)21-9-3-4-10-22(21)27/h3-12,15,18,25H,13-14,16-17H2,1-2H3/t25-/m0/s1. The van der Waals surface area contributed by atoms with E-state index in [9.17, 15) is 14.0 Å². The van der Waals surface area contributed by atoms with E-state index >= 15 is 0 Å². The second kappa shape index (κ2) is 9.79. The molecule has 1 aromatic heterocycles. The van der Waals surface area contributed by atoms with Crippen LogP contribution in [0.1, 0.15) is 41.5 Å². The van der Waals surface area contributed by atoms with E-state index in [-0.39, 0.29) is 35.9 Å². The molecule has 2 amide bonds. The van der Waals surface area contributed by atoms with Crippen LogP contribution in [0.3, 0.4) is 0 Å². The fourth-order valence-electron chi connectivity index (χ4n) is 4.39. The molecule has 0 fully saturated rings. The van der Waals surface area contributed by atoms with E-state index in [1.165, 1.54) is 23.1 Å². The van der Waals surface area contributed by atoms with E-state index in [1.807, 2.05) is 56.4 Å². The average molecular weight is 468 g/mol. The van der Waals surface area contributed by atoms with Gasteiger partial charge < -0.3 is 14.4 Å². The van der Waals surface area contributed by atoms with Gasteiger partial charge in [-0.3, -0.25) is 9.59 Å². The van der Waals surface area contributed by atoms with Crippen LogP contribution in [0.2, 0.25) is 5.02 Å². The summed E-state index contributed by atoms with van der Waals surface area (Å²) in [5.74, 6) is -0.857. The topological polar surface area (TPSA) is 45.6 Å². The van der Waals surface area contributed by atoms with Gasteiger partial charge in [0.15, 0.2) is 0 Å². The number of carbonyl (C=O) groups is 2. The van der Waals surface area contributed by atoms with Gasteiger partial charge >= 0.3 is 0 Å². The van der Waals surface area contributed by atoms with Gasteiger partial charge in [0.05, 0.1) is 6.04 Å². The molecule has 0 N–H and O–H groups in total. The van der Waals surface area contributed by atoms with Crippen LogP contribution in [0, 0.1) is 11.7 Å². The zero-order chi connectivity index (χ0) is 23.5. The van der Waals surface area contributed by atoms with Crippen molar-refractivity contribution < 1.29 is 14.0 Å². The Morgan fingerprint density at radius 1 is 1.09 bits per heavy atom. The number of carbonyl (C=O) groups excluding carboxylic acids is 2. The van der Waals surface area contributed by atoms with E-state index < -0.39 is 5.82 Å². The van der Waals surface area contributed by atoms with Gasteiger partial charge in [-0.05, 0) is 47.9 Å². The highest BCUT2D eigenvalue weighted by Crippen LogP contribution is 2.36. The Balaban J connectivity index is 1.64. The molecule has 1 aliphatic heterocycles. The number of benzene rings is 2. The second-order valence-electron chi connectivity index (χ2n) is 8.73. The minimum atomic E-state index is -0.479. The van der Waals surface area contributed by atoms with Gasteiger partial charge in [0.1, 0.15) is 12.4 Å². The van der Waals surface area contributed by atoms with E-state index in [2.05, 4.69) is 4.57 Å². The highest BCUT2D eigenvalue weighted by atomic mass is 35.5. The average Bonchev–Trinajstić information content (AvgIpc) is 3.26. The van der Waals surface area contributed by atoms with E-state index in [1.54, 1.807) is 11.0 Å². The fourth-order valence-corrected chi connectivity index (χ4v) is 4.63. The van der Waals surface area contributed by atoms with Crippen molar-refractivity contribution in [3.05, 3.63) is 94.5 Å². The van der Waals surface area contributed by atoms with Crippen molar-refractivity contribution in [2.75, 3.05) is 19.6 Å². The molecule has 0 unspecified atom stereocenters. The highest BCUT2D eigenvalue weighted by molar-refractivity contribution is 6.31. The molecule has 5 nitrogen and oxygen atoms in total. The summed E-state index contributed by atoms with van der Waals surface area (Å²) in [6.07, 6.45) is 2.00. The first-order valence-electron chi connectivity index (χ1n) is 11.1. The van der Waals surface area contributed by atoms with Crippen LogP contribution >= 0.6 is 11.6 Å². The summed E-state index contributed by atoms with van der Waals surface area (Å²) in [5.41, 5.74) is 2.06. The lowest BCUT2D eigenvalue weighted by molar-refractivity contribution is -0.134. The molecule has 0 radical (unpaired) electrons. The van der Waals surface area contributed by atoms with Crippen molar-refractivity contribution in [2.24, 2.45) is 5.92 Å². The predicted molar refractivity (Wildman–Crippen MR) is 127 cm³/mol. The number of halogens is 2. The maximum Gasteiger partial charge on any atom is 0.254 e. The van der Waals surface area contributed by atoms with Crippen LogP contribution in [0.15, 0.2) is 66.9 Å². The molecule has 0 saturated carbocycles. The number of hydrogen-bond acceptors (Lipinski definition) is 2. The molecule has 2 aromatic carbocycles. The van der Waals surface area contributed by atoms with Gasteiger partial charge in [-0.25, -0.2) is 4.39 Å². The van der Waals surface area contributed by atoms with E-state index in [4.69, 9.17) is 11.6 Å². The predicted octanol–water partition coefficient (Wildman–Crippen LogP) is 5.01. The van der Waals surface area contributed by atoms with Gasteiger partial charge in [-0.2, -0.15) is 0 Å². The summed E-state index contributed by atoms with van der Waals surface area (Å²) in [6, 6.07) is 16.7. The van der Waals surface area contributed by atoms with Crippen molar-refractivity contribution in [1.82, 2.24) is 14.4 Å². The lowest BCUT2D eigenvalue weighted by Gasteiger charge is -2.39. The quantitative estimate of drug-likeness (QED) is 0.511. The molecule has 1 aliphatic rings. The molecule has 0 bridgehead atoms. The number of amides is 2. The van der Waals surface area contributed by atoms with Gasteiger partial charge in [0, 0.05) is 42.1 Å². The Labute approximate surface area is 198 Å². The lowest BCUT2D eigenvalue weighted by atomic mass is 9.99. The molecular weight excluding hydrogens is 441 g/mol. The van der Waals surface area contributed by atoms with Crippen LogP contribution in [0.25, 0.3) is 0 Å². The smallest absolute Gasteiger partial charge is 0.254 e. The number of rotatable bonds is 6. The molecule has 0 saturated heterocycles. The number of hydrogen-bond donors (Lipinski definition) is 0. The fraction of sp³-hybridized carbons (Fsp3) is 0.308. The Bertz CT molecular complexity index is 1160. The SMILES string of the molecule is CC(C)CN(CC(=O)N1CCn2cccc2[C@@H]1c1ccccc1Cl)C(=O)c1cccc(F)c1. The van der Waals surface area contributed by atoms with Gasteiger partial charge in [0.25, 0.3) is 5.91 Å². The second-order valence-corrected chi connectivity index (χ2v) is 9.13. The zero-order valence-corrected chi connectivity index (χ0v) is 19.5. The van der Waals surface area contributed by atoms with Crippen molar-refractivity contribution in [2.45, 2.75) is 26.4 Å². The number of aromatic nitrogens is 1. The third-order valence-electron chi connectivity index (χ3n) is 5.83. The molecular formula is C26H27ClFN3O2. The van der Waals surface area contributed by atoms with Crippen LogP contribution in [-0.4, -0.2) is 45.8 Å². The molecule has 33 heavy (non-hydrogen) atoms. The normalized spacial score (nSPS) is 15.4. The minimum Gasteiger partial charge on any atom is -0.348 e. The lowest BCUT2D eigenvalue weighted by Crippen LogP contribution is -2.48. The van der Waals surface area contributed by atoms with E-state index in [0.29, 0.717) is 24.7 Å². The summed E-state index contributed by atoms with van der Waals surface area (Å²) in [7, 11) is 0. The monoisotopic (exact) mass is 467 g/mol. The van der Waals surface area contributed by atoms with Gasteiger partial charge in [-0.15, -0.1) is 0 Å². The summed E-state index contributed by atoms with van der Waals surface area (Å²) < 4.78 is 15.9. The van der Waals surface area contributed by atoms with Crippen molar-refractivity contribution in [3.63, 3.8) is 0 Å². The molecule has 0 spiro atoms. The summed E-state index contributed by atoms with van der Waals surface area (Å²) in [5, 5.41) is 0.588. The van der Waals surface area contributed by atoms with Crippen LogP contribution in [-0.2, 0) is 11.3 Å². The third-order valence-corrected chi connectivity index (χ3v) is 6.17. The van der Waals surface area contributed by atoms with Crippen LogP contribution in [0.5, 0.6) is 0 Å². The van der Waals surface area contributed by atoms with E-state index in [0.717, 1.165) is 11.3 Å². The zero-order valence-electron chi connectivity index (χ0n) is 18.7. The van der Waals surface area contributed by atoms with Crippen molar-refractivity contribution >= 4 is 23.4 Å². The first-order chi connectivity index (χ1) is 15.8. The third kappa shape index (κ3) is 4.96. The summed E-state index contributed by atoms with van der Waals surface area (Å²) in [6.45, 7) is 5.43. The highest BCUT2D eigenvalue weighted by Gasteiger charge is 2.34. The molecule has 7 heteroatoms. The van der Waals surface area contributed by atoms with Crippen molar-refractivity contribution in [3.8, 4) is 0 Å². The minimum absolute atomic E-state index is 0.0881. The molecule has 172 valence electrons. The first kappa shape index (κ1) is 23.1. The largest absolute Gasteiger partial charge is 0.348 e. The Kier molecular flexibility index (Phi) is 6.84. The molecule has 1 atom stereocenters. The van der Waals surface area contributed by atoms with Crippen LogP contribution in [0.4, 0.5) is 4.39 Å². The maximum atomic E-state index is 13.7. The molecule has 3 aromatic rings. The van der Waals surface area contributed by atoms with Gasteiger partial charge in [-0.1, -0.05) is 49.7 Å². The van der Waals surface area contributed by atoms with Crippen molar-refractivity contribution in [1.29, 1.82) is 0 Å². The summed E-state index contributed by atoms with van der Waals surface area (Å²) in [4.78, 5) is 30.1. The van der Waals surface area contributed by atoms with Crippen LogP contribution < -0.4 is 0 Å². The maximum absolute atomic E-state index is 13.7. The Morgan fingerprint density at radius 3 is 2.61 bits per heavy atom. The molecule has 4 rings (SSSR count). The number of fused-ring (bicyclic) bond motifs is 1. The summed E-state index contributed by atoms with van der Waals surface area (Å²) >= 11 is 6.53. The molecule has 0 aliphatic carbocycles. The number of nitrogens with zero attached hydrogens (tertiary/aromatic N) is 3. The Morgan fingerprint density at radius 2 is 1.88 bits per heavy atom. The van der Waals surface area contributed by atoms with Gasteiger partial charge in [0.2, 0.25) is 5.91 Å². The molecule has 2 heterocycles. The first-order valence-corrected chi connectivity index (χ1v) is 11.5. The Hall–Kier alpha value is -3.12.